The minimum Gasteiger partial charge on any atom is -0.490 e. The Morgan fingerprint density at radius 3 is 2.78 bits per heavy atom. The van der Waals surface area contributed by atoms with Crippen molar-refractivity contribution in [3.05, 3.63) is 28.8 Å². The van der Waals surface area contributed by atoms with Crippen LogP contribution in [0.5, 0.6) is 5.75 Å². The van der Waals surface area contributed by atoms with Crippen molar-refractivity contribution in [2.75, 3.05) is 6.61 Å². The van der Waals surface area contributed by atoms with Gasteiger partial charge in [-0.3, -0.25) is 4.79 Å². The largest absolute Gasteiger partial charge is 0.490 e. The van der Waals surface area contributed by atoms with Gasteiger partial charge in [-0.25, -0.2) is 0 Å². The molecule has 1 saturated carbocycles. The molecule has 5 heteroatoms. The first-order chi connectivity index (χ1) is 10.4. The van der Waals surface area contributed by atoms with Gasteiger partial charge >= 0.3 is 0 Å². The van der Waals surface area contributed by atoms with Crippen molar-refractivity contribution in [2.45, 2.75) is 58.0 Å². The van der Waals surface area contributed by atoms with Gasteiger partial charge in [-0.15, -0.1) is 12.4 Å². The van der Waals surface area contributed by atoms with Gasteiger partial charge in [0.25, 0.3) is 0 Å². The molecule has 1 fully saturated rings. The molecule has 1 aromatic carbocycles. The van der Waals surface area contributed by atoms with Crippen LogP contribution >= 0.6 is 12.4 Å². The molecular formula is C18H27ClN2O2. The summed E-state index contributed by atoms with van der Waals surface area (Å²) in [6.45, 7) is 6.66. The lowest BCUT2D eigenvalue weighted by atomic mass is 9.74. The quantitative estimate of drug-likeness (QED) is 0.870. The summed E-state index contributed by atoms with van der Waals surface area (Å²) in [6, 6.07) is 4.10. The van der Waals surface area contributed by atoms with E-state index < -0.39 is 5.54 Å². The zero-order chi connectivity index (χ0) is 15.9. The maximum atomic E-state index is 12.7. The van der Waals surface area contributed by atoms with Crippen LogP contribution in [0.15, 0.2) is 12.1 Å². The van der Waals surface area contributed by atoms with Crippen LogP contribution in [0.2, 0.25) is 0 Å². The van der Waals surface area contributed by atoms with Gasteiger partial charge in [-0.1, -0.05) is 25.0 Å². The number of ether oxygens (including phenoxy) is 1. The summed E-state index contributed by atoms with van der Waals surface area (Å²) in [5, 5.41) is 3.16. The Kier molecular flexibility index (Phi) is 5.27. The molecule has 3 atom stereocenters. The molecule has 0 saturated heterocycles. The lowest BCUT2D eigenvalue weighted by Crippen LogP contribution is -2.53. The number of nitrogens with two attached hydrogens (primary N) is 1. The summed E-state index contributed by atoms with van der Waals surface area (Å²) in [7, 11) is 0. The average molecular weight is 339 g/mol. The van der Waals surface area contributed by atoms with E-state index in [1.54, 1.807) is 0 Å². The van der Waals surface area contributed by atoms with Crippen LogP contribution in [0.3, 0.4) is 0 Å². The van der Waals surface area contributed by atoms with Crippen LogP contribution in [0.25, 0.3) is 0 Å². The molecule has 3 N–H and O–H groups in total. The van der Waals surface area contributed by atoms with Gasteiger partial charge in [-0.05, 0) is 44.7 Å². The van der Waals surface area contributed by atoms with E-state index in [2.05, 4.69) is 31.3 Å². The predicted molar refractivity (Wildman–Crippen MR) is 94.1 cm³/mol. The third-order valence-electron chi connectivity index (χ3n) is 5.36. The van der Waals surface area contributed by atoms with Crippen LogP contribution in [0.1, 0.15) is 55.3 Å². The molecule has 1 aromatic rings. The van der Waals surface area contributed by atoms with E-state index in [0.717, 1.165) is 42.6 Å². The van der Waals surface area contributed by atoms with Crippen molar-refractivity contribution >= 4 is 18.3 Å². The number of rotatable bonds is 2. The normalized spacial score (nSPS) is 29.2. The number of carbonyl (C=O) groups excluding carboxylic acids is 1. The molecule has 3 unspecified atom stereocenters. The van der Waals surface area contributed by atoms with E-state index >= 15 is 0 Å². The van der Waals surface area contributed by atoms with Gasteiger partial charge in [0, 0.05) is 11.1 Å². The highest BCUT2D eigenvalue weighted by Crippen LogP contribution is 2.38. The van der Waals surface area contributed by atoms with Crippen LogP contribution < -0.4 is 15.8 Å². The van der Waals surface area contributed by atoms with Gasteiger partial charge in [0.15, 0.2) is 0 Å². The molecule has 1 aliphatic carbocycles. The molecule has 1 amide bonds. The van der Waals surface area contributed by atoms with Crippen LogP contribution in [-0.2, 0) is 4.79 Å². The Bertz CT molecular complexity index is 601. The second kappa shape index (κ2) is 6.70. The molecule has 128 valence electrons. The van der Waals surface area contributed by atoms with Crippen molar-refractivity contribution in [2.24, 2.45) is 11.7 Å². The first kappa shape index (κ1) is 18.1. The minimum absolute atomic E-state index is 0. The summed E-state index contributed by atoms with van der Waals surface area (Å²) < 4.78 is 5.82. The van der Waals surface area contributed by atoms with Gasteiger partial charge in [0.2, 0.25) is 5.91 Å². The van der Waals surface area contributed by atoms with Gasteiger partial charge in [0.1, 0.15) is 12.4 Å². The predicted octanol–water partition coefficient (Wildman–Crippen LogP) is 3.18. The maximum absolute atomic E-state index is 12.7. The first-order valence-electron chi connectivity index (χ1n) is 8.22. The molecule has 1 heterocycles. The second-order valence-corrected chi connectivity index (χ2v) is 7.10. The highest BCUT2D eigenvalue weighted by molar-refractivity contribution is 5.85. The number of benzene rings is 1. The fourth-order valence-electron chi connectivity index (χ4n) is 3.71. The number of amides is 1. The Morgan fingerprint density at radius 2 is 2.09 bits per heavy atom. The maximum Gasteiger partial charge on any atom is 0.225 e. The molecular weight excluding hydrogens is 312 g/mol. The molecule has 0 radical (unpaired) electrons. The highest BCUT2D eigenvalue weighted by Gasteiger charge is 2.39. The molecule has 0 bridgehead atoms. The number of nitrogens with one attached hydrogen (secondary N) is 1. The number of halogens is 1. The molecule has 0 spiro atoms. The van der Waals surface area contributed by atoms with E-state index in [1.807, 2.05) is 6.92 Å². The average Bonchev–Trinajstić information content (AvgIpc) is 2.86. The molecule has 2 aliphatic rings. The molecule has 4 nitrogen and oxygen atoms in total. The molecule has 3 rings (SSSR count). The lowest BCUT2D eigenvalue weighted by molar-refractivity contribution is -0.129. The second-order valence-electron chi connectivity index (χ2n) is 7.10. The van der Waals surface area contributed by atoms with Gasteiger partial charge in [-0.2, -0.15) is 0 Å². The van der Waals surface area contributed by atoms with Crippen molar-refractivity contribution in [1.82, 2.24) is 5.32 Å². The van der Waals surface area contributed by atoms with Crippen LogP contribution in [-0.4, -0.2) is 18.1 Å². The third kappa shape index (κ3) is 3.33. The number of hydrogen-bond donors (Lipinski definition) is 2. The summed E-state index contributed by atoms with van der Waals surface area (Å²) >= 11 is 0. The molecule has 1 aliphatic heterocycles. The molecule has 0 aromatic heterocycles. The number of aryl methyl sites for hydroxylation is 1. The molecule has 23 heavy (non-hydrogen) atoms. The third-order valence-corrected chi connectivity index (χ3v) is 5.36. The van der Waals surface area contributed by atoms with E-state index in [1.165, 1.54) is 5.56 Å². The number of carbonyl (C=O) groups is 1. The van der Waals surface area contributed by atoms with E-state index in [4.69, 9.17) is 10.5 Å². The Labute approximate surface area is 144 Å². The first-order valence-corrected chi connectivity index (χ1v) is 8.22. The monoisotopic (exact) mass is 338 g/mol. The summed E-state index contributed by atoms with van der Waals surface area (Å²) in [4.78, 5) is 12.7. The number of hydrogen-bond acceptors (Lipinski definition) is 3. The fourth-order valence-corrected chi connectivity index (χ4v) is 3.71. The Hall–Kier alpha value is -1.26. The topological polar surface area (TPSA) is 64.3 Å². The summed E-state index contributed by atoms with van der Waals surface area (Å²) in [6.07, 6.45) is 4.00. The summed E-state index contributed by atoms with van der Waals surface area (Å²) in [5.74, 6) is 0.908. The number of fused-ring (bicyclic) bond motifs is 1. The van der Waals surface area contributed by atoms with Crippen molar-refractivity contribution in [3.8, 4) is 5.75 Å². The van der Waals surface area contributed by atoms with E-state index in [0.29, 0.717) is 6.61 Å². The zero-order valence-corrected chi connectivity index (χ0v) is 15.0. The van der Waals surface area contributed by atoms with E-state index in [9.17, 15) is 4.79 Å². The smallest absolute Gasteiger partial charge is 0.225 e. The van der Waals surface area contributed by atoms with Crippen molar-refractivity contribution in [1.29, 1.82) is 0 Å². The summed E-state index contributed by atoms with van der Waals surface area (Å²) in [5.41, 5.74) is 9.42. The van der Waals surface area contributed by atoms with Gasteiger partial charge in [0.05, 0.1) is 12.0 Å². The standard InChI is InChI=1S/C18H26N2O2.ClH/c1-11-7-8-13-15(10-22-16(13)12(11)2)20-17(21)14-6-4-5-9-18(14,3)19;/h7-8,14-15H,4-6,9-10,19H2,1-3H3,(H,20,21);1H. The van der Waals surface area contributed by atoms with Crippen LogP contribution in [0.4, 0.5) is 0 Å². The van der Waals surface area contributed by atoms with Gasteiger partial charge < -0.3 is 15.8 Å². The minimum atomic E-state index is -0.395. The van der Waals surface area contributed by atoms with Crippen molar-refractivity contribution < 1.29 is 9.53 Å². The Balaban J connectivity index is 0.00000192. The fraction of sp³-hybridized carbons (Fsp3) is 0.611. The Morgan fingerprint density at radius 1 is 1.35 bits per heavy atom. The van der Waals surface area contributed by atoms with Crippen LogP contribution in [0, 0.1) is 19.8 Å². The van der Waals surface area contributed by atoms with Crippen molar-refractivity contribution in [3.63, 3.8) is 0 Å². The lowest BCUT2D eigenvalue weighted by Gasteiger charge is -2.37. The zero-order valence-electron chi connectivity index (χ0n) is 14.1. The highest BCUT2D eigenvalue weighted by atomic mass is 35.5. The van der Waals surface area contributed by atoms with E-state index in [-0.39, 0.29) is 30.3 Å². The SMILES string of the molecule is Cc1ccc2c(c1C)OCC2NC(=O)C1CCCCC1(C)N.Cl.